The van der Waals surface area contributed by atoms with Crippen LogP contribution in [0.5, 0.6) is 0 Å². The Hall–Kier alpha value is -0.890. The van der Waals surface area contributed by atoms with Gasteiger partial charge >= 0.3 is 0 Å². The Kier molecular flexibility index (Phi) is 4.76. The molecule has 0 aliphatic heterocycles. The van der Waals surface area contributed by atoms with Crippen LogP contribution in [0.25, 0.3) is 0 Å². The maximum absolute atomic E-state index is 13.2. The molecule has 0 spiro atoms. The van der Waals surface area contributed by atoms with Crippen LogP contribution >= 0.6 is 0 Å². The minimum Gasteiger partial charge on any atom is -0.307 e. The Bertz CT molecular complexity index is 369. The van der Waals surface area contributed by atoms with Crippen molar-refractivity contribution >= 4 is 0 Å². The van der Waals surface area contributed by atoms with E-state index in [-0.39, 0.29) is 11.9 Å². The lowest BCUT2D eigenvalue weighted by atomic mass is 9.84. The molecule has 1 N–H and O–H groups in total. The van der Waals surface area contributed by atoms with Gasteiger partial charge < -0.3 is 5.32 Å². The highest BCUT2D eigenvalue weighted by molar-refractivity contribution is 5.19. The summed E-state index contributed by atoms with van der Waals surface area (Å²) in [6.07, 6.45) is 6.51. The van der Waals surface area contributed by atoms with Crippen LogP contribution in [-0.4, -0.2) is 6.04 Å². The predicted molar refractivity (Wildman–Crippen MR) is 74.0 cm³/mol. The van der Waals surface area contributed by atoms with Crippen LogP contribution in [0.3, 0.4) is 0 Å². The summed E-state index contributed by atoms with van der Waals surface area (Å²) in [7, 11) is 0. The molecule has 0 saturated heterocycles. The van der Waals surface area contributed by atoms with Crippen LogP contribution in [0, 0.1) is 11.7 Å². The van der Waals surface area contributed by atoms with Gasteiger partial charge in [-0.3, -0.25) is 0 Å². The summed E-state index contributed by atoms with van der Waals surface area (Å²) in [6, 6.07) is 7.77. The Morgan fingerprint density at radius 1 is 1.28 bits per heavy atom. The zero-order valence-corrected chi connectivity index (χ0v) is 11.5. The second kappa shape index (κ2) is 6.33. The van der Waals surface area contributed by atoms with Gasteiger partial charge in [-0.2, -0.15) is 0 Å². The van der Waals surface area contributed by atoms with Gasteiger partial charge in [-0.25, -0.2) is 4.39 Å². The van der Waals surface area contributed by atoms with Gasteiger partial charge in [0.15, 0.2) is 0 Å². The first-order chi connectivity index (χ1) is 8.69. The van der Waals surface area contributed by atoms with Gasteiger partial charge in [0.05, 0.1) is 0 Å². The summed E-state index contributed by atoms with van der Waals surface area (Å²) in [5, 5.41) is 3.64. The minimum absolute atomic E-state index is 0.143. The number of hydrogen-bond acceptors (Lipinski definition) is 1. The van der Waals surface area contributed by atoms with Crippen LogP contribution in [0.2, 0.25) is 0 Å². The molecule has 1 aliphatic rings. The summed E-state index contributed by atoms with van der Waals surface area (Å²) >= 11 is 0. The molecule has 1 fully saturated rings. The number of nitrogens with one attached hydrogen (secondary N) is 1. The van der Waals surface area contributed by atoms with E-state index in [1.807, 2.05) is 6.07 Å². The highest BCUT2D eigenvalue weighted by atomic mass is 19.1. The van der Waals surface area contributed by atoms with E-state index >= 15 is 0 Å². The Labute approximate surface area is 110 Å². The second-order valence-corrected chi connectivity index (χ2v) is 5.57. The molecule has 1 aromatic rings. The van der Waals surface area contributed by atoms with Crippen LogP contribution in [-0.2, 0) is 0 Å². The highest BCUT2D eigenvalue weighted by Gasteiger charge is 2.21. The second-order valence-electron chi connectivity index (χ2n) is 5.57. The maximum atomic E-state index is 13.2. The Morgan fingerprint density at radius 2 is 2.00 bits per heavy atom. The molecule has 1 atom stereocenters. The molecule has 2 rings (SSSR count). The molecule has 1 nitrogen and oxygen atoms in total. The predicted octanol–water partition coefficient (Wildman–Crippen LogP) is 4.45. The third kappa shape index (κ3) is 3.55. The standard InChI is InChI=1S/C16H24FN/c1-3-13-7-9-16(10-8-13)18-12(2)14-5-4-6-15(17)11-14/h4-6,11-13,16,18H,3,7-10H2,1-2H3/t12-,13?,16?/m0/s1. The largest absolute Gasteiger partial charge is 0.307 e. The molecule has 0 bridgehead atoms. The van der Waals surface area contributed by atoms with Gasteiger partial charge in [0, 0.05) is 12.1 Å². The number of hydrogen-bond donors (Lipinski definition) is 1. The van der Waals surface area contributed by atoms with Gasteiger partial charge in [-0.05, 0) is 56.2 Å². The highest BCUT2D eigenvalue weighted by Crippen LogP contribution is 2.28. The van der Waals surface area contributed by atoms with Crippen molar-refractivity contribution < 1.29 is 4.39 Å². The first-order valence-corrected chi connectivity index (χ1v) is 7.20. The third-order valence-electron chi connectivity index (χ3n) is 4.26. The van der Waals surface area contributed by atoms with Gasteiger partial charge in [-0.1, -0.05) is 25.5 Å². The zero-order valence-electron chi connectivity index (χ0n) is 11.5. The molecule has 18 heavy (non-hydrogen) atoms. The van der Waals surface area contributed by atoms with Crippen LogP contribution in [0.4, 0.5) is 4.39 Å². The van der Waals surface area contributed by atoms with E-state index in [4.69, 9.17) is 0 Å². The molecule has 0 amide bonds. The number of rotatable bonds is 4. The van der Waals surface area contributed by atoms with Crippen molar-refractivity contribution in [1.82, 2.24) is 5.32 Å². The average Bonchev–Trinajstić information content (AvgIpc) is 2.39. The van der Waals surface area contributed by atoms with Crippen LogP contribution < -0.4 is 5.32 Å². The lowest BCUT2D eigenvalue weighted by Gasteiger charge is -2.31. The smallest absolute Gasteiger partial charge is 0.123 e. The van der Waals surface area contributed by atoms with E-state index in [0.717, 1.165) is 11.5 Å². The van der Waals surface area contributed by atoms with Crippen molar-refractivity contribution in [3.63, 3.8) is 0 Å². The molecular formula is C16H24FN. The van der Waals surface area contributed by atoms with Gasteiger partial charge in [0.2, 0.25) is 0 Å². The Morgan fingerprint density at radius 3 is 2.61 bits per heavy atom. The van der Waals surface area contributed by atoms with E-state index in [1.54, 1.807) is 12.1 Å². The van der Waals surface area contributed by atoms with E-state index in [2.05, 4.69) is 19.2 Å². The van der Waals surface area contributed by atoms with Gasteiger partial charge in [0.1, 0.15) is 5.82 Å². The van der Waals surface area contributed by atoms with E-state index in [0.29, 0.717) is 6.04 Å². The molecule has 2 heteroatoms. The van der Waals surface area contributed by atoms with Crippen molar-refractivity contribution in [2.45, 2.75) is 58.0 Å². The van der Waals surface area contributed by atoms with Crippen molar-refractivity contribution in [3.05, 3.63) is 35.6 Å². The average molecular weight is 249 g/mol. The summed E-state index contributed by atoms with van der Waals surface area (Å²) in [6.45, 7) is 4.41. The van der Waals surface area contributed by atoms with Crippen LogP contribution in [0.15, 0.2) is 24.3 Å². The molecule has 0 unspecified atom stereocenters. The van der Waals surface area contributed by atoms with Crippen LogP contribution in [0.1, 0.15) is 57.6 Å². The minimum atomic E-state index is -0.143. The SMILES string of the molecule is CCC1CCC(N[C@@H](C)c2cccc(F)c2)CC1. The topological polar surface area (TPSA) is 12.0 Å². The lowest BCUT2D eigenvalue weighted by Crippen LogP contribution is -2.34. The van der Waals surface area contributed by atoms with Crippen molar-refractivity contribution in [2.24, 2.45) is 5.92 Å². The lowest BCUT2D eigenvalue weighted by molar-refractivity contribution is 0.273. The maximum Gasteiger partial charge on any atom is 0.123 e. The molecule has 0 radical (unpaired) electrons. The first kappa shape index (κ1) is 13.5. The normalized spacial score (nSPS) is 25.9. The fourth-order valence-corrected chi connectivity index (χ4v) is 2.96. The molecule has 1 aromatic carbocycles. The molecule has 0 aromatic heterocycles. The summed E-state index contributed by atoms with van der Waals surface area (Å²) in [4.78, 5) is 0. The number of halogens is 1. The van der Waals surface area contributed by atoms with Crippen molar-refractivity contribution in [2.75, 3.05) is 0 Å². The van der Waals surface area contributed by atoms with E-state index in [9.17, 15) is 4.39 Å². The fourth-order valence-electron chi connectivity index (χ4n) is 2.96. The van der Waals surface area contributed by atoms with E-state index in [1.165, 1.54) is 38.2 Å². The van der Waals surface area contributed by atoms with Gasteiger partial charge in [0.25, 0.3) is 0 Å². The van der Waals surface area contributed by atoms with Gasteiger partial charge in [-0.15, -0.1) is 0 Å². The summed E-state index contributed by atoms with van der Waals surface area (Å²) < 4.78 is 13.2. The third-order valence-corrected chi connectivity index (χ3v) is 4.26. The monoisotopic (exact) mass is 249 g/mol. The zero-order chi connectivity index (χ0) is 13.0. The molecule has 100 valence electrons. The Balaban J connectivity index is 1.86. The molecule has 0 heterocycles. The summed E-state index contributed by atoms with van der Waals surface area (Å²) in [5.74, 6) is 0.781. The number of benzene rings is 1. The first-order valence-electron chi connectivity index (χ1n) is 7.20. The molecular weight excluding hydrogens is 225 g/mol. The molecule has 1 aliphatic carbocycles. The van der Waals surface area contributed by atoms with Crippen molar-refractivity contribution in [3.8, 4) is 0 Å². The summed E-state index contributed by atoms with van der Waals surface area (Å²) in [5.41, 5.74) is 1.05. The molecule has 1 saturated carbocycles. The fraction of sp³-hybridized carbons (Fsp3) is 0.625. The quantitative estimate of drug-likeness (QED) is 0.831. The van der Waals surface area contributed by atoms with E-state index < -0.39 is 0 Å². The van der Waals surface area contributed by atoms with Crippen molar-refractivity contribution in [1.29, 1.82) is 0 Å².